The molecule has 70 valence electrons. The smallest absolute Gasteiger partial charge is 0.119 e. The molecule has 0 saturated carbocycles. The number of fused-ring (bicyclic) bond motifs is 1. The first-order valence-corrected chi connectivity index (χ1v) is 4.63. The van der Waals surface area contributed by atoms with Crippen molar-refractivity contribution in [1.29, 1.82) is 0 Å². The van der Waals surface area contributed by atoms with Crippen LogP contribution in [0.2, 0.25) is 0 Å². The van der Waals surface area contributed by atoms with Gasteiger partial charge < -0.3 is 9.47 Å². The summed E-state index contributed by atoms with van der Waals surface area (Å²) in [5.74, 6) is 0.919. The summed E-state index contributed by atoms with van der Waals surface area (Å²) < 4.78 is 10.8. The molecule has 0 amide bonds. The minimum Gasteiger partial charge on any atom is -0.497 e. The van der Waals surface area contributed by atoms with Crippen LogP contribution in [0.5, 0.6) is 5.75 Å². The number of rotatable bonds is 2. The lowest BCUT2D eigenvalue weighted by Gasteiger charge is -2.08. The second-order valence-corrected chi connectivity index (χ2v) is 3.27. The van der Waals surface area contributed by atoms with Gasteiger partial charge in [0.15, 0.2) is 0 Å². The summed E-state index contributed by atoms with van der Waals surface area (Å²) in [5, 5.41) is 0. The maximum absolute atomic E-state index is 5.62. The molecule has 2 heteroatoms. The number of ether oxygens (including phenoxy) is 2. The van der Waals surface area contributed by atoms with Gasteiger partial charge in [-0.1, -0.05) is 13.0 Å². The van der Waals surface area contributed by atoms with E-state index in [0.29, 0.717) is 0 Å². The predicted molar refractivity (Wildman–Crippen MR) is 50.8 cm³/mol. The van der Waals surface area contributed by atoms with Crippen LogP contribution in [0.4, 0.5) is 0 Å². The van der Waals surface area contributed by atoms with Crippen molar-refractivity contribution < 1.29 is 9.47 Å². The van der Waals surface area contributed by atoms with Crippen molar-refractivity contribution in [3.63, 3.8) is 0 Å². The lowest BCUT2D eigenvalue weighted by molar-refractivity contribution is 0.0636. The molecule has 1 aromatic carbocycles. The number of hydrogen-bond donors (Lipinski definition) is 0. The normalized spacial score (nSPS) is 20.0. The fourth-order valence-corrected chi connectivity index (χ4v) is 1.75. The summed E-state index contributed by atoms with van der Waals surface area (Å²) in [4.78, 5) is 0. The number of hydrogen-bond acceptors (Lipinski definition) is 2. The molecule has 0 spiro atoms. The molecule has 0 N–H and O–H groups in total. The summed E-state index contributed by atoms with van der Waals surface area (Å²) in [7, 11) is 1.69. The van der Waals surface area contributed by atoms with Gasteiger partial charge in [-0.2, -0.15) is 0 Å². The molecule has 0 aromatic heterocycles. The van der Waals surface area contributed by atoms with Gasteiger partial charge in [-0.05, 0) is 29.7 Å². The fraction of sp³-hybridized carbons (Fsp3) is 0.455. The predicted octanol–water partition coefficient (Wildman–Crippen LogP) is 2.68. The Balaban J connectivity index is 2.37. The van der Waals surface area contributed by atoms with E-state index >= 15 is 0 Å². The monoisotopic (exact) mass is 178 g/mol. The Morgan fingerprint density at radius 1 is 1.54 bits per heavy atom. The highest BCUT2D eigenvalue weighted by molar-refractivity contribution is 5.38. The SMILES string of the molecule is CCC1OCc2ccc(OC)cc21. The molecular formula is C11H14O2. The molecule has 1 aliphatic rings. The van der Waals surface area contributed by atoms with E-state index in [1.165, 1.54) is 11.1 Å². The Bertz CT molecular complexity index is 307. The Morgan fingerprint density at radius 2 is 2.38 bits per heavy atom. The van der Waals surface area contributed by atoms with Crippen LogP contribution in [-0.4, -0.2) is 7.11 Å². The van der Waals surface area contributed by atoms with Crippen LogP contribution in [0.3, 0.4) is 0 Å². The van der Waals surface area contributed by atoms with Crippen molar-refractivity contribution in [3.8, 4) is 5.75 Å². The number of methoxy groups -OCH3 is 1. The van der Waals surface area contributed by atoms with Crippen molar-refractivity contribution in [2.75, 3.05) is 7.11 Å². The molecule has 13 heavy (non-hydrogen) atoms. The van der Waals surface area contributed by atoms with E-state index in [0.717, 1.165) is 18.8 Å². The second-order valence-electron chi connectivity index (χ2n) is 3.27. The first-order chi connectivity index (χ1) is 6.35. The molecule has 1 aromatic rings. The topological polar surface area (TPSA) is 18.5 Å². The van der Waals surface area contributed by atoms with Crippen LogP contribution in [0, 0.1) is 0 Å². The van der Waals surface area contributed by atoms with E-state index < -0.39 is 0 Å². The highest BCUT2D eigenvalue weighted by Crippen LogP contribution is 2.34. The van der Waals surface area contributed by atoms with Crippen molar-refractivity contribution in [3.05, 3.63) is 29.3 Å². The zero-order chi connectivity index (χ0) is 9.26. The average Bonchev–Trinajstić information content (AvgIpc) is 2.59. The molecule has 0 saturated heterocycles. The Kier molecular flexibility index (Phi) is 2.23. The quantitative estimate of drug-likeness (QED) is 0.693. The van der Waals surface area contributed by atoms with Crippen molar-refractivity contribution in [1.82, 2.24) is 0 Å². The maximum Gasteiger partial charge on any atom is 0.119 e. The van der Waals surface area contributed by atoms with Gasteiger partial charge >= 0.3 is 0 Å². The molecule has 1 aliphatic heterocycles. The fourth-order valence-electron chi connectivity index (χ4n) is 1.75. The maximum atomic E-state index is 5.62. The molecule has 0 fully saturated rings. The minimum atomic E-state index is 0.269. The van der Waals surface area contributed by atoms with E-state index in [-0.39, 0.29) is 6.10 Å². The molecule has 0 aliphatic carbocycles. The van der Waals surface area contributed by atoms with Crippen LogP contribution in [0.25, 0.3) is 0 Å². The van der Waals surface area contributed by atoms with E-state index in [1.54, 1.807) is 7.11 Å². The molecule has 0 radical (unpaired) electrons. The molecule has 2 rings (SSSR count). The summed E-state index contributed by atoms with van der Waals surface area (Å²) in [6.07, 6.45) is 1.30. The first kappa shape index (κ1) is 8.57. The van der Waals surface area contributed by atoms with Crippen LogP contribution in [0.1, 0.15) is 30.6 Å². The first-order valence-electron chi connectivity index (χ1n) is 4.63. The van der Waals surface area contributed by atoms with Crippen molar-refractivity contribution in [2.45, 2.75) is 26.1 Å². The van der Waals surface area contributed by atoms with Gasteiger partial charge in [0.05, 0.1) is 19.8 Å². The van der Waals surface area contributed by atoms with Crippen LogP contribution < -0.4 is 4.74 Å². The van der Waals surface area contributed by atoms with Gasteiger partial charge in [-0.25, -0.2) is 0 Å². The lowest BCUT2D eigenvalue weighted by atomic mass is 10.0. The van der Waals surface area contributed by atoms with Crippen LogP contribution >= 0.6 is 0 Å². The van der Waals surface area contributed by atoms with E-state index in [1.807, 2.05) is 6.07 Å². The zero-order valence-corrected chi connectivity index (χ0v) is 8.04. The summed E-state index contributed by atoms with van der Waals surface area (Å²) >= 11 is 0. The summed E-state index contributed by atoms with van der Waals surface area (Å²) in [5.41, 5.74) is 2.59. The zero-order valence-electron chi connectivity index (χ0n) is 8.04. The van der Waals surface area contributed by atoms with Gasteiger partial charge in [0.25, 0.3) is 0 Å². The van der Waals surface area contributed by atoms with Gasteiger partial charge in [-0.3, -0.25) is 0 Å². The Hall–Kier alpha value is -1.02. The highest BCUT2D eigenvalue weighted by atomic mass is 16.5. The van der Waals surface area contributed by atoms with Crippen LogP contribution in [0.15, 0.2) is 18.2 Å². The molecule has 2 nitrogen and oxygen atoms in total. The molecule has 1 atom stereocenters. The van der Waals surface area contributed by atoms with E-state index in [9.17, 15) is 0 Å². The van der Waals surface area contributed by atoms with Gasteiger partial charge in [0.2, 0.25) is 0 Å². The molecule has 1 unspecified atom stereocenters. The van der Waals surface area contributed by atoms with Gasteiger partial charge in [-0.15, -0.1) is 0 Å². The standard InChI is InChI=1S/C11H14O2/c1-3-11-10-6-9(12-2)5-4-8(10)7-13-11/h4-6,11H,3,7H2,1-2H3. The second kappa shape index (κ2) is 3.38. The largest absolute Gasteiger partial charge is 0.497 e. The number of benzene rings is 1. The third-order valence-corrected chi connectivity index (χ3v) is 2.51. The van der Waals surface area contributed by atoms with E-state index in [4.69, 9.17) is 9.47 Å². The van der Waals surface area contributed by atoms with Gasteiger partial charge in [0.1, 0.15) is 5.75 Å². The Labute approximate surface area is 78.5 Å². The summed E-state index contributed by atoms with van der Waals surface area (Å²) in [6, 6.07) is 6.15. The highest BCUT2D eigenvalue weighted by Gasteiger charge is 2.21. The lowest BCUT2D eigenvalue weighted by Crippen LogP contribution is -1.93. The third-order valence-electron chi connectivity index (χ3n) is 2.51. The third kappa shape index (κ3) is 1.42. The van der Waals surface area contributed by atoms with Crippen molar-refractivity contribution in [2.24, 2.45) is 0 Å². The Morgan fingerprint density at radius 3 is 3.08 bits per heavy atom. The van der Waals surface area contributed by atoms with Gasteiger partial charge in [0, 0.05) is 0 Å². The van der Waals surface area contributed by atoms with E-state index in [2.05, 4.69) is 19.1 Å². The molecule has 1 heterocycles. The minimum absolute atomic E-state index is 0.269. The molecular weight excluding hydrogens is 164 g/mol. The molecule has 0 bridgehead atoms. The average molecular weight is 178 g/mol. The van der Waals surface area contributed by atoms with Crippen molar-refractivity contribution >= 4 is 0 Å². The van der Waals surface area contributed by atoms with Crippen LogP contribution in [-0.2, 0) is 11.3 Å². The summed E-state index contributed by atoms with van der Waals surface area (Å²) in [6.45, 7) is 2.89.